The van der Waals surface area contributed by atoms with Crippen molar-refractivity contribution in [3.63, 3.8) is 0 Å². The predicted molar refractivity (Wildman–Crippen MR) is 54.9 cm³/mol. The molecule has 0 radical (unpaired) electrons. The Balaban J connectivity index is 3.71. The van der Waals surface area contributed by atoms with E-state index in [9.17, 15) is 9.59 Å². The quantitative estimate of drug-likeness (QED) is 0.507. The molecule has 0 aromatic carbocycles. The number of aldehydes is 1. The molecular weight excluding hydrogens is 182 g/mol. The van der Waals surface area contributed by atoms with Crippen LogP contribution >= 0.6 is 0 Å². The van der Waals surface area contributed by atoms with Crippen molar-refractivity contribution in [3.8, 4) is 0 Å². The largest absolute Gasteiger partial charge is 0.369 e. The number of amides is 1. The molecule has 0 aromatic heterocycles. The molecule has 0 saturated heterocycles. The monoisotopic (exact) mass is 201 g/mol. The third-order valence-corrected chi connectivity index (χ3v) is 2.01. The number of nitrogens with two attached hydrogens (primary N) is 1. The maximum atomic E-state index is 10.6. The molecule has 2 N–H and O–H groups in total. The number of nitrogens with zero attached hydrogens (tertiary/aromatic N) is 2. The summed E-state index contributed by atoms with van der Waals surface area (Å²) >= 11 is 0. The molecule has 0 saturated carbocycles. The van der Waals surface area contributed by atoms with Gasteiger partial charge in [-0.1, -0.05) is 6.92 Å². The van der Waals surface area contributed by atoms with Gasteiger partial charge in [0.25, 0.3) is 0 Å². The zero-order chi connectivity index (χ0) is 11.0. The Kier molecular flexibility index (Phi) is 6.96. The Morgan fingerprint density at radius 1 is 1.43 bits per heavy atom. The lowest BCUT2D eigenvalue weighted by atomic mass is 10.4. The number of primary amides is 1. The van der Waals surface area contributed by atoms with Crippen LogP contribution in [-0.2, 0) is 9.59 Å². The molecule has 0 heterocycles. The number of hydrogen-bond donors (Lipinski definition) is 1. The van der Waals surface area contributed by atoms with Crippen LogP contribution in [0, 0.1) is 0 Å². The van der Waals surface area contributed by atoms with E-state index in [-0.39, 0.29) is 12.5 Å². The summed E-state index contributed by atoms with van der Waals surface area (Å²) in [4.78, 5) is 24.7. The van der Waals surface area contributed by atoms with Gasteiger partial charge in [0.05, 0.1) is 13.1 Å². The lowest BCUT2D eigenvalue weighted by molar-refractivity contribution is -0.119. The highest BCUT2D eigenvalue weighted by Gasteiger charge is 2.06. The maximum Gasteiger partial charge on any atom is 0.231 e. The lowest BCUT2D eigenvalue weighted by Gasteiger charge is -2.21. The van der Waals surface area contributed by atoms with Crippen molar-refractivity contribution in [2.24, 2.45) is 5.73 Å². The Hall–Kier alpha value is -0.940. The van der Waals surface area contributed by atoms with Gasteiger partial charge in [-0.25, -0.2) is 0 Å². The molecule has 14 heavy (non-hydrogen) atoms. The summed E-state index contributed by atoms with van der Waals surface area (Å²) in [6.45, 7) is 4.99. The molecular formula is C9H19N3O2. The van der Waals surface area contributed by atoms with Gasteiger partial charge in [0.2, 0.25) is 5.91 Å². The molecule has 0 aliphatic heterocycles. The summed E-state index contributed by atoms with van der Waals surface area (Å²) in [5.41, 5.74) is 5.08. The van der Waals surface area contributed by atoms with Crippen molar-refractivity contribution < 1.29 is 9.59 Å². The average Bonchev–Trinajstić information content (AvgIpc) is 2.12. The number of carbonyl (C=O) groups is 2. The number of rotatable bonds is 8. The topological polar surface area (TPSA) is 66.6 Å². The van der Waals surface area contributed by atoms with E-state index in [1.807, 2.05) is 23.8 Å². The highest BCUT2D eigenvalue weighted by Crippen LogP contribution is 1.88. The van der Waals surface area contributed by atoms with E-state index in [0.29, 0.717) is 6.54 Å². The van der Waals surface area contributed by atoms with Crippen LogP contribution in [0.2, 0.25) is 0 Å². The van der Waals surface area contributed by atoms with Crippen LogP contribution in [0.3, 0.4) is 0 Å². The second kappa shape index (κ2) is 7.46. The third kappa shape index (κ3) is 6.56. The highest BCUT2D eigenvalue weighted by atomic mass is 16.1. The fourth-order valence-electron chi connectivity index (χ4n) is 1.10. The first-order valence-electron chi connectivity index (χ1n) is 4.73. The van der Waals surface area contributed by atoms with Gasteiger partial charge < -0.3 is 10.5 Å². The molecule has 0 fully saturated rings. The van der Waals surface area contributed by atoms with Crippen molar-refractivity contribution >= 4 is 12.2 Å². The minimum Gasteiger partial charge on any atom is -0.369 e. The third-order valence-electron chi connectivity index (χ3n) is 2.01. The van der Waals surface area contributed by atoms with Gasteiger partial charge in [0.1, 0.15) is 6.29 Å². The Labute approximate surface area is 84.8 Å². The number of carbonyl (C=O) groups excluding carboxylic acids is 2. The standard InChI is InChI=1S/C9H19N3O2/c1-3-12(8-9(10)14)5-4-11(2)6-7-13/h7H,3-6,8H2,1-2H3,(H2,10,14). The van der Waals surface area contributed by atoms with E-state index in [4.69, 9.17) is 5.73 Å². The fraction of sp³-hybridized carbons (Fsp3) is 0.778. The molecule has 82 valence electrons. The van der Waals surface area contributed by atoms with Crippen molar-refractivity contribution in [3.05, 3.63) is 0 Å². The smallest absolute Gasteiger partial charge is 0.231 e. The van der Waals surface area contributed by atoms with Crippen LogP contribution in [0.4, 0.5) is 0 Å². The SMILES string of the molecule is CCN(CCN(C)CC=O)CC(N)=O. The van der Waals surface area contributed by atoms with Crippen molar-refractivity contribution in [1.29, 1.82) is 0 Å². The fourth-order valence-corrected chi connectivity index (χ4v) is 1.10. The van der Waals surface area contributed by atoms with Crippen LogP contribution < -0.4 is 5.73 Å². The van der Waals surface area contributed by atoms with Crippen molar-refractivity contribution in [1.82, 2.24) is 9.80 Å². The Morgan fingerprint density at radius 2 is 2.07 bits per heavy atom. The van der Waals surface area contributed by atoms with Gasteiger partial charge in [-0.3, -0.25) is 14.6 Å². The molecule has 0 spiro atoms. The van der Waals surface area contributed by atoms with Crippen LogP contribution in [0.15, 0.2) is 0 Å². The van der Waals surface area contributed by atoms with Crippen LogP contribution in [-0.4, -0.2) is 61.8 Å². The van der Waals surface area contributed by atoms with Gasteiger partial charge in [-0.15, -0.1) is 0 Å². The zero-order valence-corrected chi connectivity index (χ0v) is 8.90. The van der Waals surface area contributed by atoms with Crippen molar-refractivity contribution in [2.45, 2.75) is 6.92 Å². The lowest BCUT2D eigenvalue weighted by Crippen LogP contribution is -2.38. The molecule has 5 heteroatoms. The maximum absolute atomic E-state index is 10.6. The van der Waals surface area contributed by atoms with E-state index >= 15 is 0 Å². The minimum atomic E-state index is -0.315. The van der Waals surface area contributed by atoms with Gasteiger partial charge >= 0.3 is 0 Å². The first kappa shape index (κ1) is 13.1. The number of likely N-dealkylation sites (N-methyl/N-ethyl adjacent to an activating group) is 2. The molecule has 0 atom stereocenters. The molecule has 0 aromatic rings. The molecule has 0 aliphatic carbocycles. The van der Waals surface area contributed by atoms with Gasteiger partial charge in [-0.2, -0.15) is 0 Å². The van der Waals surface area contributed by atoms with E-state index < -0.39 is 0 Å². The summed E-state index contributed by atoms with van der Waals surface area (Å²) in [7, 11) is 1.87. The van der Waals surface area contributed by atoms with E-state index in [2.05, 4.69) is 0 Å². The Bertz CT molecular complexity index is 185. The van der Waals surface area contributed by atoms with E-state index in [1.165, 1.54) is 0 Å². The highest BCUT2D eigenvalue weighted by molar-refractivity contribution is 5.75. The molecule has 0 aliphatic rings. The van der Waals surface area contributed by atoms with E-state index in [0.717, 1.165) is 25.9 Å². The normalized spacial score (nSPS) is 10.9. The Morgan fingerprint density at radius 3 is 2.50 bits per heavy atom. The van der Waals surface area contributed by atoms with Crippen molar-refractivity contribution in [2.75, 3.05) is 39.8 Å². The molecule has 0 bridgehead atoms. The first-order valence-corrected chi connectivity index (χ1v) is 4.73. The summed E-state index contributed by atoms with van der Waals surface area (Å²) in [5.74, 6) is -0.315. The van der Waals surface area contributed by atoms with Crippen LogP contribution in [0.5, 0.6) is 0 Å². The molecule has 5 nitrogen and oxygen atoms in total. The molecule has 0 unspecified atom stereocenters. The van der Waals surface area contributed by atoms with Crippen LogP contribution in [0.25, 0.3) is 0 Å². The summed E-state index contributed by atoms with van der Waals surface area (Å²) in [6.07, 6.45) is 0.865. The first-order chi connectivity index (χ1) is 6.60. The van der Waals surface area contributed by atoms with Gasteiger partial charge in [0, 0.05) is 13.1 Å². The number of hydrogen-bond acceptors (Lipinski definition) is 4. The minimum absolute atomic E-state index is 0.283. The predicted octanol–water partition coefficient (Wildman–Crippen LogP) is -1.08. The summed E-state index contributed by atoms with van der Waals surface area (Å²) in [5, 5.41) is 0. The van der Waals surface area contributed by atoms with E-state index in [1.54, 1.807) is 0 Å². The van der Waals surface area contributed by atoms with Crippen LogP contribution in [0.1, 0.15) is 6.92 Å². The zero-order valence-electron chi connectivity index (χ0n) is 8.90. The summed E-state index contributed by atoms with van der Waals surface area (Å²) in [6, 6.07) is 0. The second-order valence-electron chi connectivity index (χ2n) is 3.26. The second-order valence-corrected chi connectivity index (χ2v) is 3.26. The average molecular weight is 201 g/mol. The molecule has 0 rings (SSSR count). The molecule has 1 amide bonds. The van der Waals surface area contributed by atoms with Gasteiger partial charge in [-0.05, 0) is 13.6 Å². The summed E-state index contributed by atoms with van der Waals surface area (Å²) < 4.78 is 0. The van der Waals surface area contributed by atoms with Gasteiger partial charge in [0.15, 0.2) is 0 Å².